The number of anilines is 1. The van der Waals surface area contributed by atoms with E-state index in [0.29, 0.717) is 0 Å². The van der Waals surface area contributed by atoms with Crippen LogP contribution in [0, 0.1) is 6.92 Å². The molecule has 0 aromatic heterocycles. The Hall–Kier alpha value is -2.26. The number of nitrogens with zero attached hydrogens (tertiary/aromatic N) is 1. The van der Waals surface area contributed by atoms with Crippen LogP contribution in [0.1, 0.15) is 22.3 Å². The first kappa shape index (κ1) is 17.2. The highest BCUT2D eigenvalue weighted by atomic mass is 79.9. The molecule has 0 saturated heterocycles. The van der Waals surface area contributed by atoms with Crippen LogP contribution >= 0.6 is 15.9 Å². The first-order valence-corrected chi connectivity index (χ1v) is 9.78. The summed E-state index contributed by atoms with van der Waals surface area (Å²) in [6.45, 7) is 4.74. The van der Waals surface area contributed by atoms with Gasteiger partial charge in [-0.3, -0.25) is 0 Å². The Kier molecular flexibility index (Phi) is 4.98. The second-order valence-corrected chi connectivity index (χ2v) is 7.72. The molecule has 1 heterocycles. The van der Waals surface area contributed by atoms with Gasteiger partial charge in [-0.2, -0.15) is 0 Å². The smallest absolute Gasteiger partial charge is 0.142 e. The molecule has 3 aromatic carbocycles. The Morgan fingerprint density at radius 2 is 1.81 bits per heavy atom. The van der Waals surface area contributed by atoms with E-state index < -0.39 is 0 Å². The lowest BCUT2D eigenvalue weighted by Gasteiger charge is -2.32. The molecule has 4 rings (SSSR count). The molecule has 26 heavy (non-hydrogen) atoms. The summed E-state index contributed by atoms with van der Waals surface area (Å²) in [7, 11) is 0. The molecule has 0 bridgehead atoms. The van der Waals surface area contributed by atoms with Crippen molar-refractivity contribution in [3.8, 4) is 5.75 Å². The molecule has 0 radical (unpaired) electrons. The van der Waals surface area contributed by atoms with Gasteiger partial charge >= 0.3 is 0 Å². The predicted octanol–water partition coefficient (Wildman–Crippen LogP) is 5.75. The van der Waals surface area contributed by atoms with Crippen LogP contribution in [-0.4, -0.2) is 13.2 Å². The van der Waals surface area contributed by atoms with Gasteiger partial charge in [-0.15, -0.1) is 0 Å². The highest BCUT2D eigenvalue weighted by Crippen LogP contribution is 2.34. The molecular weight excluding hydrogens is 386 g/mol. The summed E-state index contributed by atoms with van der Waals surface area (Å²) in [6, 6.07) is 23.7. The molecule has 0 saturated carbocycles. The van der Waals surface area contributed by atoms with E-state index >= 15 is 0 Å². The van der Waals surface area contributed by atoms with Crippen molar-refractivity contribution in [1.82, 2.24) is 0 Å². The van der Waals surface area contributed by atoms with E-state index in [9.17, 15) is 0 Å². The zero-order valence-electron chi connectivity index (χ0n) is 14.9. The van der Waals surface area contributed by atoms with E-state index in [0.717, 1.165) is 36.3 Å². The third-order valence-corrected chi connectivity index (χ3v) is 5.40. The van der Waals surface area contributed by atoms with E-state index in [4.69, 9.17) is 4.74 Å². The predicted molar refractivity (Wildman–Crippen MR) is 111 cm³/mol. The van der Waals surface area contributed by atoms with Crippen molar-refractivity contribution < 1.29 is 4.74 Å². The zero-order valence-corrected chi connectivity index (χ0v) is 16.5. The molecule has 1 aliphatic rings. The molecule has 0 fully saturated rings. The number of fused-ring (bicyclic) bond motifs is 1. The molecule has 3 aromatic rings. The Morgan fingerprint density at radius 1 is 0.962 bits per heavy atom. The van der Waals surface area contributed by atoms with Crippen LogP contribution in [0.3, 0.4) is 0 Å². The molecule has 2 nitrogen and oxygen atoms in total. The lowest BCUT2D eigenvalue weighted by atomic mass is 9.99. The third kappa shape index (κ3) is 3.78. The summed E-state index contributed by atoms with van der Waals surface area (Å²) in [5, 5.41) is 0. The second-order valence-electron chi connectivity index (χ2n) is 6.81. The second kappa shape index (κ2) is 7.55. The van der Waals surface area contributed by atoms with Crippen LogP contribution in [-0.2, 0) is 13.0 Å². The fraction of sp³-hybridized carbons (Fsp3) is 0.217. The minimum atomic E-state index is 0.740. The van der Waals surface area contributed by atoms with E-state index in [1.807, 2.05) is 0 Å². The Balaban J connectivity index is 1.61. The number of benzene rings is 3. The van der Waals surface area contributed by atoms with Gasteiger partial charge in [0.15, 0.2) is 0 Å². The highest BCUT2D eigenvalue weighted by molar-refractivity contribution is 9.10. The minimum Gasteiger partial charge on any atom is -0.490 e. The van der Waals surface area contributed by atoms with Crippen molar-refractivity contribution in [2.24, 2.45) is 0 Å². The molecule has 0 atom stereocenters. The summed E-state index contributed by atoms with van der Waals surface area (Å²) in [4.78, 5) is 2.42. The van der Waals surface area contributed by atoms with Gasteiger partial charge < -0.3 is 9.64 Å². The van der Waals surface area contributed by atoms with E-state index in [1.165, 1.54) is 27.9 Å². The van der Waals surface area contributed by atoms with Gasteiger partial charge in [0, 0.05) is 11.0 Å². The molecule has 0 unspecified atom stereocenters. The maximum atomic E-state index is 5.89. The Labute approximate surface area is 163 Å². The molecule has 0 spiro atoms. The summed E-state index contributed by atoms with van der Waals surface area (Å²) < 4.78 is 7.02. The minimum absolute atomic E-state index is 0.740. The largest absolute Gasteiger partial charge is 0.490 e. The van der Waals surface area contributed by atoms with Gasteiger partial charge in [-0.25, -0.2) is 0 Å². The van der Waals surface area contributed by atoms with Gasteiger partial charge in [0.2, 0.25) is 0 Å². The third-order valence-electron chi connectivity index (χ3n) is 4.90. The SMILES string of the molecule is Cc1ccc(Br)cc1Cc1ccc2c(c1)N(Cc1ccccc1)CCO2. The van der Waals surface area contributed by atoms with Crippen LogP contribution in [0.5, 0.6) is 5.75 Å². The van der Waals surface area contributed by atoms with Crippen LogP contribution < -0.4 is 9.64 Å². The topological polar surface area (TPSA) is 12.5 Å². The van der Waals surface area contributed by atoms with Crippen LogP contribution in [0.15, 0.2) is 71.2 Å². The number of ether oxygens (including phenoxy) is 1. The van der Waals surface area contributed by atoms with Crippen LogP contribution in [0.2, 0.25) is 0 Å². The van der Waals surface area contributed by atoms with Crippen molar-refractivity contribution in [1.29, 1.82) is 0 Å². The van der Waals surface area contributed by atoms with Crippen molar-refractivity contribution in [2.75, 3.05) is 18.1 Å². The van der Waals surface area contributed by atoms with Crippen molar-refractivity contribution in [3.05, 3.63) is 93.5 Å². The molecule has 0 aliphatic carbocycles. The van der Waals surface area contributed by atoms with Crippen molar-refractivity contribution >= 4 is 21.6 Å². The summed E-state index contributed by atoms with van der Waals surface area (Å²) >= 11 is 3.59. The maximum absolute atomic E-state index is 5.89. The Bertz CT molecular complexity index is 907. The number of hydrogen-bond donors (Lipinski definition) is 0. The van der Waals surface area contributed by atoms with Crippen molar-refractivity contribution in [3.63, 3.8) is 0 Å². The zero-order chi connectivity index (χ0) is 17.9. The number of rotatable bonds is 4. The maximum Gasteiger partial charge on any atom is 0.142 e. The normalized spacial score (nSPS) is 13.2. The molecule has 132 valence electrons. The highest BCUT2D eigenvalue weighted by Gasteiger charge is 2.19. The van der Waals surface area contributed by atoms with E-state index in [2.05, 4.69) is 94.5 Å². The standard InChI is InChI=1S/C23H22BrNO/c1-17-7-9-21(24)15-20(17)13-19-8-10-23-22(14-19)25(11-12-26-23)16-18-5-3-2-4-6-18/h2-10,14-15H,11-13,16H2,1H3. The van der Waals surface area contributed by atoms with Gasteiger partial charge in [0.25, 0.3) is 0 Å². The van der Waals surface area contributed by atoms with E-state index in [-0.39, 0.29) is 0 Å². The number of aryl methyl sites for hydroxylation is 1. The average Bonchev–Trinajstić information content (AvgIpc) is 2.66. The summed E-state index contributed by atoms with van der Waals surface area (Å²) in [6.07, 6.45) is 0.928. The van der Waals surface area contributed by atoms with Gasteiger partial charge in [0.05, 0.1) is 12.2 Å². The summed E-state index contributed by atoms with van der Waals surface area (Å²) in [5.74, 6) is 0.988. The molecular formula is C23H22BrNO. The monoisotopic (exact) mass is 407 g/mol. The summed E-state index contributed by atoms with van der Waals surface area (Å²) in [5.41, 5.74) is 6.52. The number of halogens is 1. The Morgan fingerprint density at radius 3 is 2.65 bits per heavy atom. The van der Waals surface area contributed by atoms with Gasteiger partial charge in [-0.05, 0) is 59.9 Å². The number of hydrogen-bond acceptors (Lipinski definition) is 2. The molecule has 1 aliphatic heterocycles. The molecule has 0 N–H and O–H groups in total. The lowest BCUT2D eigenvalue weighted by Crippen LogP contribution is -2.32. The molecule has 0 amide bonds. The fourth-order valence-electron chi connectivity index (χ4n) is 3.45. The molecule has 3 heteroatoms. The van der Waals surface area contributed by atoms with Gasteiger partial charge in [-0.1, -0.05) is 58.4 Å². The first-order chi connectivity index (χ1) is 12.7. The van der Waals surface area contributed by atoms with Gasteiger partial charge in [0.1, 0.15) is 12.4 Å². The van der Waals surface area contributed by atoms with Crippen LogP contribution in [0.4, 0.5) is 5.69 Å². The van der Waals surface area contributed by atoms with Crippen LogP contribution in [0.25, 0.3) is 0 Å². The van der Waals surface area contributed by atoms with Crippen molar-refractivity contribution in [2.45, 2.75) is 19.9 Å². The quantitative estimate of drug-likeness (QED) is 0.545. The van der Waals surface area contributed by atoms with E-state index in [1.54, 1.807) is 0 Å². The first-order valence-electron chi connectivity index (χ1n) is 8.99. The fourth-order valence-corrected chi connectivity index (χ4v) is 3.86. The average molecular weight is 408 g/mol. The lowest BCUT2D eigenvalue weighted by molar-refractivity contribution is 0.307.